The number of hydrogen-bond acceptors (Lipinski definition) is 7. The normalized spacial score (nSPS) is 34.9. The predicted molar refractivity (Wildman–Crippen MR) is 130 cm³/mol. The Bertz CT molecular complexity index is 1240. The first-order valence-corrected chi connectivity index (χ1v) is 12.4. The van der Waals surface area contributed by atoms with Crippen LogP contribution in [0.5, 0.6) is 5.75 Å². The Balaban J connectivity index is 1.20. The van der Waals surface area contributed by atoms with E-state index >= 15 is 0 Å². The van der Waals surface area contributed by atoms with Crippen LogP contribution in [0.25, 0.3) is 0 Å². The number of alkyl halides is 1. The van der Waals surface area contributed by atoms with E-state index in [9.17, 15) is 18.7 Å². The molecule has 6 rings (SSSR count). The van der Waals surface area contributed by atoms with Crippen molar-refractivity contribution in [2.24, 2.45) is 10.4 Å². The minimum atomic E-state index is -0.516. The summed E-state index contributed by atoms with van der Waals surface area (Å²) >= 11 is 5.89. The first-order chi connectivity index (χ1) is 17.3. The van der Waals surface area contributed by atoms with E-state index in [-0.39, 0.29) is 66.2 Å². The number of amides is 1. The van der Waals surface area contributed by atoms with Gasteiger partial charge in [0.15, 0.2) is 0 Å². The molecule has 3 heterocycles. The summed E-state index contributed by atoms with van der Waals surface area (Å²) < 4.78 is 33.5. The van der Waals surface area contributed by atoms with Gasteiger partial charge in [-0.3, -0.25) is 9.69 Å². The summed E-state index contributed by atoms with van der Waals surface area (Å²) in [6, 6.07) is 3.92. The van der Waals surface area contributed by atoms with Gasteiger partial charge in [0.2, 0.25) is 0 Å². The summed E-state index contributed by atoms with van der Waals surface area (Å²) in [4.78, 5) is 21.2. The van der Waals surface area contributed by atoms with E-state index in [1.807, 2.05) is 4.90 Å². The third-order valence-electron chi connectivity index (χ3n) is 8.17. The van der Waals surface area contributed by atoms with Crippen LogP contribution in [-0.2, 0) is 0 Å². The van der Waals surface area contributed by atoms with E-state index < -0.39 is 18.6 Å². The van der Waals surface area contributed by atoms with Crippen LogP contribution in [0, 0.1) is 16.6 Å². The van der Waals surface area contributed by atoms with Crippen LogP contribution < -0.4 is 10.1 Å². The first kappa shape index (κ1) is 23.6. The fraction of sp³-hybridized carbons (Fsp3) is 0.480. The topological polar surface area (TPSA) is 101 Å². The van der Waals surface area contributed by atoms with Crippen LogP contribution in [0.2, 0.25) is 0 Å². The minimum absolute atomic E-state index is 0.0525. The zero-order valence-corrected chi connectivity index (χ0v) is 20.1. The van der Waals surface area contributed by atoms with Crippen LogP contribution >= 0.6 is 11.6 Å². The van der Waals surface area contributed by atoms with Crippen molar-refractivity contribution in [1.29, 1.82) is 5.41 Å². The maximum atomic E-state index is 14.2. The summed E-state index contributed by atoms with van der Waals surface area (Å²) in [5, 5.41) is 22.0. The van der Waals surface area contributed by atoms with Gasteiger partial charge >= 0.3 is 0 Å². The second-order valence-electron chi connectivity index (χ2n) is 10.1. The van der Waals surface area contributed by atoms with Crippen molar-refractivity contribution in [2.45, 2.75) is 43.6 Å². The molecule has 3 aliphatic heterocycles. The van der Waals surface area contributed by atoms with Crippen LogP contribution in [0.4, 0.5) is 8.78 Å². The number of nitrogens with one attached hydrogen (secondary N) is 2. The Hall–Kier alpha value is -2.82. The van der Waals surface area contributed by atoms with Gasteiger partial charge in [-0.25, -0.2) is 13.8 Å². The number of likely N-dealkylation sites (tertiary alicyclic amines) is 2. The molecule has 8 nitrogen and oxygen atoms in total. The first-order valence-electron chi connectivity index (χ1n) is 12.0. The summed E-state index contributed by atoms with van der Waals surface area (Å²) in [5.74, 6) is -0.259. The van der Waals surface area contributed by atoms with E-state index in [4.69, 9.17) is 21.7 Å². The molecule has 3 N–H and O–H groups in total. The molecule has 5 atom stereocenters. The molecule has 1 amide bonds. The van der Waals surface area contributed by atoms with E-state index in [1.165, 1.54) is 29.3 Å². The summed E-state index contributed by atoms with van der Waals surface area (Å²) in [7, 11) is 0. The molecular formula is C25H26ClF2N5O3. The van der Waals surface area contributed by atoms with Crippen LogP contribution in [-0.4, -0.2) is 83.3 Å². The zero-order chi connectivity index (χ0) is 25.2. The standard InChI is InChI=1S/C25H26ClF2N5O3/c26-13-9-30-23(31-10-13)17-11-32(12-18(17)29)24(35)16-2-1-14(28)5-20(16)36-15-6-21-25(7-15)8-19(34)22(25)33(21)4-3-27/h1-2,5,9-10,15,19,21-22,29-30,34H,3-4,6-8,11-12H2/b23-17+,29-18?. The Labute approximate surface area is 211 Å². The number of carbonyl (C=O) groups excluding carboxylic acids is 1. The molecule has 11 heteroatoms. The number of aliphatic hydroxyl groups excluding tert-OH is 1. The van der Waals surface area contributed by atoms with Crippen LogP contribution in [0.1, 0.15) is 29.6 Å². The quantitative estimate of drug-likeness (QED) is 0.557. The number of ether oxygens (including phenoxy) is 1. The number of allylic oxidation sites excluding steroid dienone is 1. The molecule has 190 valence electrons. The molecule has 5 aliphatic rings. The number of piperidine rings is 1. The third-order valence-corrected chi connectivity index (χ3v) is 8.37. The van der Waals surface area contributed by atoms with Crippen LogP contribution in [0.15, 0.2) is 45.8 Å². The van der Waals surface area contributed by atoms with E-state index in [0.717, 1.165) is 0 Å². The molecule has 0 radical (unpaired) electrons. The number of hydrogen-bond donors (Lipinski definition) is 3. The van der Waals surface area contributed by atoms with E-state index in [2.05, 4.69) is 10.3 Å². The monoisotopic (exact) mass is 517 g/mol. The summed E-state index contributed by atoms with van der Waals surface area (Å²) in [5.41, 5.74) is 0.972. The largest absolute Gasteiger partial charge is 0.489 e. The van der Waals surface area contributed by atoms with Crippen molar-refractivity contribution in [3.05, 3.63) is 52.2 Å². The van der Waals surface area contributed by atoms with Crippen molar-refractivity contribution in [3.63, 3.8) is 0 Å². The lowest BCUT2D eigenvalue weighted by Crippen LogP contribution is -2.80. The van der Waals surface area contributed by atoms with Gasteiger partial charge in [0.05, 0.1) is 35.5 Å². The van der Waals surface area contributed by atoms with Crippen molar-refractivity contribution >= 4 is 29.4 Å². The van der Waals surface area contributed by atoms with Gasteiger partial charge in [-0.05, 0) is 25.0 Å². The maximum Gasteiger partial charge on any atom is 0.258 e. The number of rotatable bonds is 5. The molecule has 0 aromatic heterocycles. The SMILES string of the molecule is N=C1CN(C(=O)c2ccc(F)cc2OC2CC3N(CCF)C4C(O)CC34C2)C/C1=C1\N=CC(Cl)=CN1. The molecule has 2 aliphatic carbocycles. The molecule has 4 fully saturated rings. The van der Waals surface area contributed by atoms with Gasteiger partial charge in [-0.2, -0.15) is 0 Å². The highest BCUT2D eigenvalue weighted by atomic mass is 35.5. The highest BCUT2D eigenvalue weighted by Gasteiger charge is 2.73. The van der Waals surface area contributed by atoms with E-state index in [1.54, 1.807) is 6.20 Å². The summed E-state index contributed by atoms with van der Waals surface area (Å²) in [6.07, 6.45) is 4.28. The number of nitrogens with zero attached hydrogens (tertiary/aromatic N) is 3. The highest BCUT2D eigenvalue weighted by Crippen LogP contribution is 2.65. The number of aliphatic imine (C=N–C) groups is 1. The zero-order valence-electron chi connectivity index (χ0n) is 19.4. The van der Waals surface area contributed by atoms with Crippen molar-refractivity contribution < 1.29 is 23.4 Å². The Morgan fingerprint density at radius 2 is 2.19 bits per heavy atom. The molecular weight excluding hydrogens is 492 g/mol. The lowest BCUT2D eigenvalue weighted by Gasteiger charge is -2.70. The third kappa shape index (κ3) is 3.57. The van der Waals surface area contributed by atoms with Gasteiger partial charge in [0.1, 0.15) is 30.2 Å². The van der Waals surface area contributed by atoms with Crippen molar-refractivity contribution in [1.82, 2.24) is 15.1 Å². The number of carbonyl (C=O) groups is 1. The number of benzene rings is 1. The molecule has 1 aromatic rings. The maximum absolute atomic E-state index is 14.2. The lowest BCUT2D eigenvalue weighted by molar-refractivity contribution is -0.251. The molecule has 1 aromatic carbocycles. The number of aliphatic hydroxyl groups is 1. The van der Waals surface area contributed by atoms with Gasteiger partial charge in [0.25, 0.3) is 5.91 Å². The number of halogens is 3. The molecule has 36 heavy (non-hydrogen) atoms. The van der Waals surface area contributed by atoms with Crippen molar-refractivity contribution in [2.75, 3.05) is 26.3 Å². The summed E-state index contributed by atoms with van der Waals surface area (Å²) in [6.45, 7) is 0.0722. The molecule has 2 saturated heterocycles. The lowest BCUT2D eigenvalue weighted by atomic mass is 9.52. The fourth-order valence-corrected chi connectivity index (χ4v) is 6.84. The molecule has 1 spiro atoms. The van der Waals surface area contributed by atoms with Gasteiger partial charge in [0, 0.05) is 54.5 Å². The Morgan fingerprint density at radius 1 is 1.36 bits per heavy atom. The van der Waals surface area contributed by atoms with Gasteiger partial charge in [-0.15, -0.1) is 0 Å². The minimum Gasteiger partial charge on any atom is -0.489 e. The molecule has 2 saturated carbocycles. The smallest absolute Gasteiger partial charge is 0.258 e. The molecule has 5 unspecified atom stereocenters. The fourth-order valence-electron chi connectivity index (χ4n) is 6.73. The highest BCUT2D eigenvalue weighted by molar-refractivity contribution is 6.39. The predicted octanol–water partition coefficient (Wildman–Crippen LogP) is 2.58. The Kier molecular flexibility index (Phi) is 5.66. The average molecular weight is 518 g/mol. The second-order valence-corrected chi connectivity index (χ2v) is 10.5. The second kappa shape index (κ2) is 8.64. The molecule has 0 bridgehead atoms. The average Bonchev–Trinajstić information content (AvgIpc) is 3.38. The van der Waals surface area contributed by atoms with E-state index in [0.29, 0.717) is 35.7 Å². The Morgan fingerprint density at radius 3 is 2.92 bits per heavy atom. The van der Waals surface area contributed by atoms with Crippen LogP contribution in [0.3, 0.4) is 0 Å². The van der Waals surface area contributed by atoms with Gasteiger partial charge in [-0.1, -0.05) is 11.6 Å². The van der Waals surface area contributed by atoms with Gasteiger partial charge < -0.3 is 25.5 Å². The van der Waals surface area contributed by atoms with Crippen molar-refractivity contribution in [3.8, 4) is 5.75 Å².